The van der Waals surface area contributed by atoms with E-state index in [1.54, 1.807) is 6.07 Å². The monoisotopic (exact) mass is 289 g/mol. The first-order chi connectivity index (χ1) is 6.07. The Morgan fingerprint density at radius 3 is 2.62 bits per heavy atom. The summed E-state index contributed by atoms with van der Waals surface area (Å²) in [6.07, 6.45) is 0. The molecule has 0 saturated heterocycles. The van der Waals surface area contributed by atoms with Gasteiger partial charge in [0.2, 0.25) is 0 Å². The molecule has 13 heavy (non-hydrogen) atoms. The Morgan fingerprint density at radius 2 is 2.23 bits per heavy atom. The standard InChI is InChI=1S/C9H5FINO/c1-5(13)9-6(4-12)7(10)2-3-8(9)11/h2-3H,1H3. The summed E-state index contributed by atoms with van der Waals surface area (Å²) < 4.78 is 13.6. The van der Waals surface area contributed by atoms with Crippen LogP contribution in [0.15, 0.2) is 12.1 Å². The topological polar surface area (TPSA) is 40.9 Å². The number of rotatable bonds is 1. The van der Waals surface area contributed by atoms with Gasteiger partial charge in [0, 0.05) is 3.57 Å². The maximum atomic E-state index is 13.0. The minimum atomic E-state index is -0.645. The summed E-state index contributed by atoms with van der Waals surface area (Å²) in [6.45, 7) is 1.32. The molecule has 0 aromatic heterocycles. The largest absolute Gasteiger partial charge is 0.294 e. The third kappa shape index (κ3) is 1.86. The Morgan fingerprint density at radius 1 is 1.62 bits per heavy atom. The molecular formula is C9H5FINO. The van der Waals surface area contributed by atoms with E-state index >= 15 is 0 Å². The fourth-order valence-corrected chi connectivity index (χ4v) is 1.83. The van der Waals surface area contributed by atoms with Crippen LogP contribution in [0.2, 0.25) is 0 Å². The third-order valence-electron chi connectivity index (χ3n) is 1.57. The van der Waals surface area contributed by atoms with Crippen molar-refractivity contribution in [2.45, 2.75) is 6.92 Å². The predicted molar refractivity (Wildman–Crippen MR) is 53.8 cm³/mol. The van der Waals surface area contributed by atoms with Gasteiger partial charge in [-0.05, 0) is 41.6 Å². The van der Waals surface area contributed by atoms with Crippen LogP contribution in [0.25, 0.3) is 0 Å². The molecule has 0 unspecified atom stereocenters. The van der Waals surface area contributed by atoms with Crippen molar-refractivity contribution in [3.63, 3.8) is 0 Å². The number of nitriles is 1. The quantitative estimate of drug-likeness (QED) is 0.588. The number of carbonyl (C=O) groups excluding carboxylic acids is 1. The van der Waals surface area contributed by atoms with Crippen molar-refractivity contribution in [1.82, 2.24) is 0 Å². The third-order valence-corrected chi connectivity index (χ3v) is 2.47. The van der Waals surface area contributed by atoms with E-state index in [1.807, 2.05) is 22.6 Å². The molecule has 1 aromatic carbocycles. The minimum absolute atomic E-state index is 0.167. The lowest BCUT2D eigenvalue weighted by atomic mass is 10.1. The number of carbonyl (C=O) groups is 1. The second-order valence-electron chi connectivity index (χ2n) is 2.45. The molecule has 0 saturated carbocycles. The zero-order chi connectivity index (χ0) is 10.0. The highest BCUT2D eigenvalue weighted by molar-refractivity contribution is 14.1. The molecule has 2 nitrogen and oxygen atoms in total. The first kappa shape index (κ1) is 10.1. The van der Waals surface area contributed by atoms with Gasteiger partial charge in [-0.2, -0.15) is 5.26 Å². The van der Waals surface area contributed by atoms with Gasteiger partial charge in [0.25, 0.3) is 0 Å². The fourth-order valence-electron chi connectivity index (χ4n) is 1.01. The van der Waals surface area contributed by atoms with E-state index in [0.717, 1.165) is 0 Å². The van der Waals surface area contributed by atoms with Crippen LogP contribution in [0.5, 0.6) is 0 Å². The number of hydrogen-bond acceptors (Lipinski definition) is 2. The van der Waals surface area contributed by atoms with Gasteiger partial charge < -0.3 is 0 Å². The lowest BCUT2D eigenvalue weighted by Gasteiger charge is -2.02. The molecule has 66 valence electrons. The SMILES string of the molecule is CC(=O)c1c(I)ccc(F)c1C#N. The summed E-state index contributed by atoms with van der Waals surface area (Å²) in [5.74, 6) is -0.937. The van der Waals surface area contributed by atoms with E-state index in [4.69, 9.17) is 5.26 Å². The van der Waals surface area contributed by atoms with Crippen molar-refractivity contribution in [1.29, 1.82) is 5.26 Å². The van der Waals surface area contributed by atoms with Gasteiger partial charge in [-0.15, -0.1) is 0 Å². The highest BCUT2D eigenvalue weighted by Crippen LogP contribution is 2.19. The lowest BCUT2D eigenvalue weighted by molar-refractivity contribution is 0.101. The van der Waals surface area contributed by atoms with E-state index in [1.165, 1.54) is 19.1 Å². The summed E-state index contributed by atoms with van der Waals surface area (Å²) in [7, 11) is 0. The summed E-state index contributed by atoms with van der Waals surface area (Å²) in [5, 5.41) is 8.63. The van der Waals surface area contributed by atoms with Gasteiger partial charge in [0.15, 0.2) is 5.78 Å². The Labute approximate surface area is 88.5 Å². The Balaban J connectivity index is 3.55. The second kappa shape index (κ2) is 3.83. The number of nitrogens with zero attached hydrogens (tertiary/aromatic N) is 1. The van der Waals surface area contributed by atoms with Gasteiger partial charge >= 0.3 is 0 Å². The van der Waals surface area contributed by atoms with Crippen LogP contribution < -0.4 is 0 Å². The molecule has 0 spiro atoms. The number of ketones is 1. The van der Waals surface area contributed by atoms with Crippen LogP contribution in [-0.4, -0.2) is 5.78 Å². The smallest absolute Gasteiger partial charge is 0.162 e. The molecule has 0 fully saturated rings. The molecule has 0 N–H and O–H groups in total. The van der Waals surface area contributed by atoms with Gasteiger partial charge in [-0.1, -0.05) is 0 Å². The van der Waals surface area contributed by atoms with Crippen molar-refractivity contribution in [3.8, 4) is 6.07 Å². The zero-order valence-corrected chi connectivity index (χ0v) is 8.92. The van der Waals surface area contributed by atoms with E-state index in [2.05, 4.69) is 0 Å². The first-order valence-electron chi connectivity index (χ1n) is 3.47. The summed E-state index contributed by atoms with van der Waals surface area (Å²) in [4.78, 5) is 11.1. The fraction of sp³-hybridized carbons (Fsp3) is 0.111. The summed E-state index contributed by atoms with van der Waals surface area (Å²) in [5.41, 5.74) is 0.00231. The van der Waals surface area contributed by atoms with Crippen LogP contribution in [0.4, 0.5) is 4.39 Å². The molecule has 0 bridgehead atoms. The summed E-state index contributed by atoms with van der Waals surface area (Å²) in [6, 6.07) is 4.35. The first-order valence-corrected chi connectivity index (χ1v) is 4.55. The molecule has 0 atom stereocenters. The average molecular weight is 289 g/mol. The van der Waals surface area contributed by atoms with Crippen molar-refractivity contribution in [3.05, 3.63) is 32.6 Å². The highest BCUT2D eigenvalue weighted by atomic mass is 127. The number of benzene rings is 1. The molecule has 0 aliphatic heterocycles. The van der Waals surface area contributed by atoms with Crippen molar-refractivity contribution < 1.29 is 9.18 Å². The van der Waals surface area contributed by atoms with Crippen molar-refractivity contribution in [2.24, 2.45) is 0 Å². The van der Waals surface area contributed by atoms with E-state index in [9.17, 15) is 9.18 Å². The van der Waals surface area contributed by atoms with Crippen LogP contribution >= 0.6 is 22.6 Å². The van der Waals surface area contributed by atoms with Gasteiger partial charge in [-0.25, -0.2) is 4.39 Å². The normalized spacial score (nSPS) is 9.38. The molecule has 0 radical (unpaired) electrons. The Bertz CT molecular complexity index is 409. The molecule has 0 amide bonds. The maximum absolute atomic E-state index is 13.0. The zero-order valence-electron chi connectivity index (χ0n) is 6.77. The Kier molecular flexibility index (Phi) is 2.98. The predicted octanol–water partition coefficient (Wildman–Crippen LogP) is 2.50. The van der Waals surface area contributed by atoms with Gasteiger partial charge in [0.1, 0.15) is 11.9 Å². The van der Waals surface area contributed by atoms with E-state index in [0.29, 0.717) is 3.57 Å². The molecule has 0 aliphatic carbocycles. The van der Waals surface area contributed by atoms with Gasteiger partial charge in [-0.3, -0.25) is 4.79 Å². The lowest BCUT2D eigenvalue weighted by Crippen LogP contribution is -2.02. The van der Waals surface area contributed by atoms with E-state index in [-0.39, 0.29) is 16.9 Å². The summed E-state index contributed by atoms with van der Waals surface area (Å²) >= 11 is 1.90. The van der Waals surface area contributed by atoms with Crippen LogP contribution in [0.3, 0.4) is 0 Å². The molecule has 1 rings (SSSR count). The van der Waals surface area contributed by atoms with Gasteiger partial charge in [0.05, 0.1) is 11.1 Å². The van der Waals surface area contributed by atoms with E-state index < -0.39 is 5.82 Å². The van der Waals surface area contributed by atoms with Crippen LogP contribution in [0.1, 0.15) is 22.8 Å². The molecule has 1 aromatic rings. The maximum Gasteiger partial charge on any atom is 0.162 e. The second-order valence-corrected chi connectivity index (χ2v) is 3.61. The Hall–Kier alpha value is -0.960. The average Bonchev–Trinajstić information content (AvgIpc) is 2.07. The number of hydrogen-bond donors (Lipinski definition) is 0. The van der Waals surface area contributed by atoms with Crippen LogP contribution in [0, 0.1) is 20.7 Å². The van der Waals surface area contributed by atoms with Crippen molar-refractivity contribution >= 4 is 28.4 Å². The molecular weight excluding hydrogens is 284 g/mol. The highest BCUT2D eigenvalue weighted by Gasteiger charge is 2.15. The minimum Gasteiger partial charge on any atom is -0.294 e. The number of Topliss-reactive ketones (excluding diaryl/α,β-unsaturated/α-hetero) is 1. The van der Waals surface area contributed by atoms with Crippen LogP contribution in [-0.2, 0) is 0 Å². The molecule has 0 heterocycles. The van der Waals surface area contributed by atoms with Crippen molar-refractivity contribution in [2.75, 3.05) is 0 Å². The number of halogens is 2. The molecule has 4 heteroatoms. The molecule has 0 aliphatic rings.